The highest BCUT2D eigenvalue weighted by Crippen LogP contribution is 1.99. The van der Waals surface area contributed by atoms with E-state index in [-0.39, 0.29) is 0 Å². The normalized spacial score (nSPS) is 10.8. The van der Waals surface area contributed by atoms with E-state index in [1.807, 2.05) is 13.2 Å². The highest BCUT2D eigenvalue weighted by molar-refractivity contribution is 5.09. The summed E-state index contributed by atoms with van der Waals surface area (Å²) in [5.74, 6) is 1.07. The topological polar surface area (TPSA) is 45.6 Å². The number of aromatic amines is 1. The van der Waals surface area contributed by atoms with Crippen molar-refractivity contribution in [3.63, 3.8) is 0 Å². The first kappa shape index (κ1) is 11.0. The first-order valence-corrected chi connectivity index (χ1v) is 5.64. The summed E-state index contributed by atoms with van der Waals surface area (Å²) in [5.41, 5.74) is 1.33. The maximum Gasteiger partial charge on any atom is 0.106 e. The van der Waals surface area contributed by atoms with Crippen LogP contribution in [0, 0.1) is 0 Å². The van der Waals surface area contributed by atoms with Crippen LogP contribution in [0.2, 0.25) is 0 Å². The molecule has 4 nitrogen and oxygen atoms in total. The zero-order valence-electron chi connectivity index (χ0n) is 9.61. The van der Waals surface area contributed by atoms with E-state index in [1.54, 1.807) is 6.20 Å². The number of H-pyrrole nitrogens is 1. The number of rotatable bonds is 6. The Hall–Kier alpha value is -1.55. The third-order valence-corrected chi connectivity index (χ3v) is 2.54. The molecule has 0 unspecified atom stereocenters. The maximum atomic E-state index is 4.19. The van der Waals surface area contributed by atoms with Gasteiger partial charge in [0.05, 0.1) is 0 Å². The van der Waals surface area contributed by atoms with E-state index in [2.05, 4.69) is 38.3 Å². The molecule has 0 aliphatic heterocycles. The third kappa shape index (κ3) is 3.24. The van der Waals surface area contributed by atoms with Gasteiger partial charge in [-0.3, -0.25) is 0 Å². The smallest absolute Gasteiger partial charge is 0.106 e. The van der Waals surface area contributed by atoms with Crippen LogP contribution in [0.25, 0.3) is 0 Å². The molecule has 2 aromatic rings. The maximum absolute atomic E-state index is 4.19. The van der Waals surface area contributed by atoms with Crippen molar-refractivity contribution >= 4 is 0 Å². The van der Waals surface area contributed by atoms with Gasteiger partial charge in [-0.1, -0.05) is 0 Å². The molecule has 16 heavy (non-hydrogen) atoms. The van der Waals surface area contributed by atoms with Crippen molar-refractivity contribution in [2.75, 3.05) is 6.54 Å². The van der Waals surface area contributed by atoms with Crippen molar-refractivity contribution in [3.05, 3.63) is 42.2 Å². The molecular weight excluding hydrogens is 200 g/mol. The number of hydrogen-bond donors (Lipinski definition) is 2. The van der Waals surface area contributed by atoms with E-state index in [0.29, 0.717) is 0 Å². The van der Waals surface area contributed by atoms with Crippen molar-refractivity contribution in [3.8, 4) is 0 Å². The third-order valence-electron chi connectivity index (χ3n) is 2.54. The number of hydrogen-bond acceptors (Lipinski definition) is 2. The van der Waals surface area contributed by atoms with Gasteiger partial charge in [0.15, 0.2) is 0 Å². The second kappa shape index (κ2) is 5.51. The largest absolute Gasteiger partial charge is 0.357 e. The molecule has 0 saturated heterocycles. The molecule has 86 valence electrons. The fourth-order valence-electron chi connectivity index (χ4n) is 1.71. The van der Waals surface area contributed by atoms with Crippen molar-refractivity contribution in [2.45, 2.75) is 19.4 Å². The predicted octanol–water partition coefficient (Wildman–Crippen LogP) is 1.47. The second-order valence-electron chi connectivity index (χ2n) is 4.00. The molecule has 0 saturated carbocycles. The number of aromatic nitrogens is 3. The van der Waals surface area contributed by atoms with Crippen LogP contribution in [0.5, 0.6) is 0 Å². The van der Waals surface area contributed by atoms with E-state index in [4.69, 9.17) is 0 Å². The van der Waals surface area contributed by atoms with Gasteiger partial charge in [0.25, 0.3) is 0 Å². The van der Waals surface area contributed by atoms with E-state index in [0.717, 1.165) is 31.8 Å². The Morgan fingerprint density at radius 1 is 1.50 bits per heavy atom. The highest BCUT2D eigenvalue weighted by atomic mass is 14.9. The van der Waals surface area contributed by atoms with Gasteiger partial charge in [-0.25, -0.2) is 4.98 Å². The number of imidazole rings is 1. The molecule has 0 amide bonds. The van der Waals surface area contributed by atoms with Crippen LogP contribution in [-0.2, 0) is 20.0 Å². The van der Waals surface area contributed by atoms with Crippen molar-refractivity contribution < 1.29 is 0 Å². The minimum atomic E-state index is 0.943. The van der Waals surface area contributed by atoms with Crippen molar-refractivity contribution in [1.82, 2.24) is 19.9 Å². The Labute approximate surface area is 95.7 Å². The lowest BCUT2D eigenvalue weighted by atomic mass is 10.3. The summed E-state index contributed by atoms with van der Waals surface area (Å²) in [6.07, 6.45) is 9.99. The summed E-state index contributed by atoms with van der Waals surface area (Å²) in [7, 11) is 2.04. The monoisotopic (exact) mass is 218 g/mol. The molecule has 0 spiro atoms. The van der Waals surface area contributed by atoms with E-state index >= 15 is 0 Å². The molecule has 0 radical (unpaired) electrons. The van der Waals surface area contributed by atoms with Crippen LogP contribution >= 0.6 is 0 Å². The summed E-state index contributed by atoms with van der Waals surface area (Å²) in [6, 6.07) is 2.14. The molecule has 0 aliphatic rings. The molecule has 4 heteroatoms. The summed E-state index contributed by atoms with van der Waals surface area (Å²) in [5, 5.41) is 3.42. The number of aryl methyl sites for hydroxylation is 2. The summed E-state index contributed by atoms with van der Waals surface area (Å²) >= 11 is 0. The minimum Gasteiger partial charge on any atom is -0.357 e. The summed E-state index contributed by atoms with van der Waals surface area (Å²) in [4.78, 5) is 7.30. The SMILES string of the molecule is Cn1ccc(CNCCCc2ncc[nH]2)c1. The van der Waals surface area contributed by atoms with E-state index in [9.17, 15) is 0 Å². The Bertz CT molecular complexity index is 402. The summed E-state index contributed by atoms with van der Waals surface area (Å²) in [6.45, 7) is 1.97. The van der Waals surface area contributed by atoms with E-state index < -0.39 is 0 Å². The van der Waals surface area contributed by atoms with Gasteiger partial charge in [-0.15, -0.1) is 0 Å². The standard InChI is InChI=1S/C12H18N4/c1-16-8-4-11(10-16)9-13-5-2-3-12-14-6-7-15-12/h4,6-8,10,13H,2-3,5,9H2,1H3,(H,14,15). The van der Waals surface area contributed by atoms with Crippen LogP contribution in [0.15, 0.2) is 30.9 Å². The zero-order chi connectivity index (χ0) is 11.2. The first-order chi connectivity index (χ1) is 7.84. The Kier molecular flexibility index (Phi) is 3.77. The Morgan fingerprint density at radius 2 is 2.44 bits per heavy atom. The van der Waals surface area contributed by atoms with Gasteiger partial charge < -0.3 is 14.9 Å². The molecule has 0 bridgehead atoms. The predicted molar refractivity (Wildman–Crippen MR) is 64.0 cm³/mol. The molecule has 0 fully saturated rings. The molecule has 2 rings (SSSR count). The summed E-state index contributed by atoms with van der Waals surface area (Å²) < 4.78 is 2.07. The molecule has 2 heterocycles. The molecule has 0 atom stereocenters. The highest BCUT2D eigenvalue weighted by Gasteiger charge is 1.96. The fourth-order valence-corrected chi connectivity index (χ4v) is 1.71. The molecule has 2 aromatic heterocycles. The number of nitrogens with zero attached hydrogens (tertiary/aromatic N) is 2. The van der Waals surface area contributed by atoms with Gasteiger partial charge >= 0.3 is 0 Å². The lowest BCUT2D eigenvalue weighted by Crippen LogP contribution is -2.15. The molecule has 2 N–H and O–H groups in total. The molecular formula is C12H18N4. The Morgan fingerprint density at radius 3 is 3.12 bits per heavy atom. The zero-order valence-corrected chi connectivity index (χ0v) is 9.61. The molecule has 0 aromatic carbocycles. The van der Waals surface area contributed by atoms with Gasteiger partial charge in [-0.05, 0) is 24.6 Å². The second-order valence-corrected chi connectivity index (χ2v) is 4.00. The van der Waals surface area contributed by atoms with E-state index in [1.165, 1.54) is 5.56 Å². The van der Waals surface area contributed by atoms with Crippen LogP contribution in [0.3, 0.4) is 0 Å². The molecule has 0 aliphatic carbocycles. The first-order valence-electron chi connectivity index (χ1n) is 5.64. The lowest BCUT2D eigenvalue weighted by Gasteiger charge is -2.01. The number of nitrogens with one attached hydrogen (secondary N) is 2. The fraction of sp³-hybridized carbons (Fsp3) is 0.417. The van der Waals surface area contributed by atoms with Crippen LogP contribution in [-0.4, -0.2) is 21.1 Å². The van der Waals surface area contributed by atoms with Gasteiger partial charge in [-0.2, -0.15) is 0 Å². The van der Waals surface area contributed by atoms with Crippen LogP contribution in [0.4, 0.5) is 0 Å². The van der Waals surface area contributed by atoms with Gasteiger partial charge in [0.1, 0.15) is 5.82 Å². The van der Waals surface area contributed by atoms with Crippen molar-refractivity contribution in [2.24, 2.45) is 7.05 Å². The lowest BCUT2D eigenvalue weighted by molar-refractivity contribution is 0.640. The quantitative estimate of drug-likeness (QED) is 0.721. The van der Waals surface area contributed by atoms with Crippen LogP contribution < -0.4 is 5.32 Å². The van der Waals surface area contributed by atoms with Gasteiger partial charge in [0, 0.05) is 44.8 Å². The average molecular weight is 218 g/mol. The van der Waals surface area contributed by atoms with Gasteiger partial charge in [0.2, 0.25) is 0 Å². The van der Waals surface area contributed by atoms with Crippen molar-refractivity contribution in [1.29, 1.82) is 0 Å². The minimum absolute atomic E-state index is 0.943. The van der Waals surface area contributed by atoms with Crippen LogP contribution in [0.1, 0.15) is 17.8 Å². The average Bonchev–Trinajstić information content (AvgIpc) is 2.89. The Balaban J connectivity index is 1.59.